The molecule has 3 fully saturated rings. The van der Waals surface area contributed by atoms with Gasteiger partial charge in [0.1, 0.15) is 12.2 Å². The standard InChI is InChI=1S/C25H36N2O5S/c1-24(14-26-33(3,29)30)11-17-12-25-8-9-27(13-15-4-5-15)18(17)10-16-6-7-19(28)21(20(16)25)32-23(25)22(24)31-2/h6-7,15,17-18,22-23,26,28H,4-5,8-14H2,1-3H3/t17?,18-,22?,23+,24+,25+/m1/s1. The number of aromatic hydroxyl groups is 1. The normalized spacial score (nSPS) is 39.6. The Morgan fingerprint density at radius 1 is 1.30 bits per heavy atom. The van der Waals surface area contributed by atoms with Crippen LogP contribution in [0.4, 0.5) is 0 Å². The van der Waals surface area contributed by atoms with Crippen molar-refractivity contribution in [2.45, 2.75) is 69.1 Å². The Morgan fingerprint density at radius 3 is 2.79 bits per heavy atom. The van der Waals surface area contributed by atoms with Gasteiger partial charge in [-0.25, -0.2) is 13.1 Å². The summed E-state index contributed by atoms with van der Waals surface area (Å²) in [7, 11) is -1.62. The minimum Gasteiger partial charge on any atom is -0.504 e. The Bertz CT molecular complexity index is 1070. The number of hydrogen-bond donors (Lipinski definition) is 2. The zero-order valence-corrected chi connectivity index (χ0v) is 20.7. The van der Waals surface area contributed by atoms with Crippen LogP contribution in [0.3, 0.4) is 0 Å². The number of sulfonamides is 1. The van der Waals surface area contributed by atoms with Crippen molar-refractivity contribution in [2.75, 3.05) is 33.0 Å². The lowest BCUT2D eigenvalue weighted by Crippen LogP contribution is -2.56. The van der Waals surface area contributed by atoms with Gasteiger partial charge in [0, 0.05) is 42.6 Å². The molecule has 3 bridgehead atoms. The summed E-state index contributed by atoms with van der Waals surface area (Å²) in [6.45, 7) is 4.68. The lowest BCUT2D eigenvalue weighted by molar-refractivity contribution is -0.0871. The van der Waals surface area contributed by atoms with E-state index in [2.05, 4.69) is 22.6 Å². The highest BCUT2D eigenvalue weighted by atomic mass is 32.2. The molecular formula is C25H36N2O5S. The van der Waals surface area contributed by atoms with Gasteiger partial charge in [-0.3, -0.25) is 4.90 Å². The van der Waals surface area contributed by atoms with Gasteiger partial charge in [0.15, 0.2) is 11.5 Å². The maximum absolute atomic E-state index is 12.1. The van der Waals surface area contributed by atoms with Crippen LogP contribution < -0.4 is 9.46 Å². The molecule has 33 heavy (non-hydrogen) atoms. The molecule has 5 aliphatic rings. The van der Waals surface area contributed by atoms with Crippen molar-refractivity contribution in [3.63, 3.8) is 0 Å². The average molecular weight is 477 g/mol. The molecule has 1 aromatic rings. The number of likely N-dealkylation sites (tertiary alicyclic amines) is 1. The third-order valence-electron chi connectivity index (χ3n) is 9.30. The number of phenolic OH excluding ortho intramolecular Hbond substituents is 1. The van der Waals surface area contributed by atoms with Gasteiger partial charge in [-0.15, -0.1) is 0 Å². The lowest BCUT2D eigenvalue weighted by Gasteiger charge is -2.45. The summed E-state index contributed by atoms with van der Waals surface area (Å²) < 4.78 is 39.7. The molecule has 0 radical (unpaired) electrons. The van der Waals surface area contributed by atoms with Crippen molar-refractivity contribution in [3.8, 4) is 11.5 Å². The molecule has 1 saturated heterocycles. The Hall–Kier alpha value is -1.35. The molecule has 8 heteroatoms. The van der Waals surface area contributed by atoms with Crippen LogP contribution in [-0.2, 0) is 26.6 Å². The number of hydrogen-bond acceptors (Lipinski definition) is 6. The van der Waals surface area contributed by atoms with E-state index in [-0.39, 0.29) is 23.4 Å². The minimum atomic E-state index is -3.34. The fourth-order valence-corrected chi connectivity index (χ4v) is 8.32. The third-order valence-corrected chi connectivity index (χ3v) is 9.97. The zero-order valence-electron chi connectivity index (χ0n) is 19.8. The molecule has 2 unspecified atom stereocenters. The molecule has 2 N–H and O–H groups in total. The summed E-state index contributed by atoms with van der Waals surface area (Å²) >= 11 is 0. The molecule has 0 amide bonds. The summed E-state index contributed by atoms with van der Waals surface area (Å²) in [5.74, 6) is 2.07. The summed E-state index contributed by atoms with van der Waals surface area (Å²) in [6.07, 6.45) is 7.18. The van der Waals surface area contributed by atoms with Crippen molar-refractivity contribution in [1.82, 2.24) is 9.62 Å². The molecule has 2 aliphatic heterocycles. The van der Waals surface area contributed by atoms with Crippen LogP contribution in [-0.4, -0.2) is 69.7 Å². The summed E-state index contributed by atoms with van der Waals surface area (Å²) in [4.78, 5) is 2.74. The SMILES string of the molecule is COC1[C@@H]2Oc3c(O)ccc4c3[C@@]23CCN(CC2CC2)[C@H](C4)C(C[C@@]1(C)CNS(C)(=O)=O)C3. The zero-order chi connectivity index (χ0) is 23.2. The second-order valence-electron chi connectivity index (χ2n) is 11.7. The summed E-state index contributed by atoms with van der Waals surface area (Å²) in [5.41, 5.74) is 1.87. The predicted octanol–water partition coefficient (Wildman–Crippen LogP) is 2.41. The topological polar surface area (TPSA) is 88.1 Å². The van der Waals surface area contributed by atoms with Gasteiger partial charge in [-0.05, 0) is 68.5 Å². The van der Waals surface area contributed by atoms with Crippen LogP contribution >= 0.6 is 0 Å². The van der Waals surface area contributed by atoms with Gasteiger partial charge in [-0.1, -0.05) is 13.0 Å². The Kier molecular flexibility index (Phi) is 4.91. The Labute approximate surface area is 196 Å². The highest BCUT2D eigenvalue weighted by Gasteiger charge is 2.64. The Morgan fingerprint density at radius 2 is 2.09 bits per heavy atom. The van der Waals surface area contributed by atoms with Crippen LogP contribution in [0.2, 0.25) is 0 Å². The van der Waals surface area contributed by atoms with Crippen LogP contribution in [0.1, 0.15) is 50.2 Å². The molecular weight excluding hydrogens is 440 g/mol. The van der Waals surface area contributed by atoms with E-state index in [4.69, 9.17) is 9.47 Å². The molecule has 0 aromatic heterocycles. The fraction of sp³-hybridized carbons (Fsp3) is 0.760. The van der Waals surface area contributed by atoms with Crippen molar-refractivity contribution in [3.05, 3.63) is 23.3 Å². The number of phenols is 1. The first-order valence-corrected chi connectivity index (χ1v) is 14.3. The number of benzene rings is 1. The van der Waals surface area contributed by atoms with Crippen molar-refractivity contribution < 1.29 is 23.0 Å². The first kappa shape index (κ1) is 22.1. The van der Waals surface area contributed by atoms with Gasteiger partial charge in [-0.2, -0.15) is 0 Å². The monoisotopic (exact) mass is 476 g/mol. The van der Waals surface area contributed by atoms with Gasteiger partial charge in [0.25, 0.3) is 0 Å². The number of rotatable bonds is 6. The molecule has 6 atom stereocenters. The molecule has 3 aliphatic carbocycles. The molecule has 1 aromatic carbocycles. The first-order valence-electron chi connectivity index (χ1n) is 12.4. The minimum absolute atomic E-state index is 0.206. The van der Waals surface area contributed by atoms with E-state index in [1.165, 1.54) is 30.2 Å². The largest absolute Gasteiger partial charge is 0.504 e. The van der Waals surface area contributed by atoms with E-state index in [1.54, 1.807) is 13.2 Å². The predicted molar refractivity (Wildman–Crippen MR) is 125 cm³/mol. The molecule has 2 saturated carbocycles. The number of ether oxygens (including phenoxy) is 2. The van der Waals surface area contributed by atoms with E-state index in [9.17, 15) is 13.5 Å². The van der Waals surface area contributed by atoms with Crippen LogP contribution in [0.25, 0.3) is 0 Å². The fourth-order valence-electron chi connectivity index (χ4n) is 7.73. The lowest BCUT2D eigenvalue weighted by atomic mass is 9.67. The molecule has 1 spiro atoms. The Balaban J connectivity index is 1.50. The van der Waals surface area contributed by atoms with Gasteiger partial charge in [0.2, 0.25) is 10.0 Å². The van der Waals surface area contributed by atoms with E-state index in [0.29, 0.717) is 24.3 Å². The first-order chi connectivity index (χ1) is 15.6. The van der Waals surface area contributed by atoms with E-state index >= 15 is 0 Å². The summed E-state index contributed by atoms with van der Waals surface area (Å²) in [6, 6.07) is 4.31. The van der Waals surface area contributed by atoms with Crippen LogP contribution in [0.15, 0.2) is 12.1 Å². The highest BCUT2D eigenvalue weighted by Crippen LogP contribution is 2.63. The van der Waals surface area contributed by atoms with Gasteiger partial charge < -0.3 is 14.6 Å². The van der Waals surface area contributed by atoms with Crippen molar-refractivity contribution >= 4 is 10.0 Å². The summed E-state index contributed by atoms with van der Waals surface area (Å²) in [5, 5.41) is 10.8. The quantitative estimate of drug-likeness (QED) is 0.656. The average Bonchev–Trinajstić information content (AvgIpc) is 3.54. The molecule has 6 rings (SSSR count). The number of nitrogens with one attached hydrogen (secondary N) is 1. The third kappa shape index (κ3) is 3.43. The second kappa shape index (κ2) is 7.33. The van der Waals surface area contributed by atoms with Gasteiger partial charge >= 0.3 is 0 Å². The van der Waals surface area contributed by atoms with E-state index in [1.807, 2.05) is 0 Å². The van der Waals surface area contributed by atoms with Crippen molar-refractivity contribution in [1.29, 1.82) is 0 Å². The highest BCUT2D eigenvalue weighted by molar-refractivity contribution is 7.88. The van der Waals surface area contributed by atoms with E-state index < -0.39 is 15.4 Å². The maximum Gasteiger partial charge on any atom is 0.208 e. The smallest absolute Gasteiger partial charge is 0.208 e. The van der Waals surface area contributed by atoms with Crippen LogP contribution in [0, 0.1) is 17.3 Å². The van der Waals surface area contributed by atoms with Crippen molar-refractivity contribution in [2.24, 2.45) is 17.3 Å². The number of nitrogens with zero attached hydrogens (tertiary/aromatic N) is 1. The van der Waals surface area contributed by atoms with Crippen LogP contribution in [0.5, 0.6) is 11.5 Å². The molecule has 182 valence electrons. The van der Waals surface area contributed by atoms with E-state index in [0.717, 1.165) is 44.7 Å². The van der Waals surface area contributed by atoms with Gasteiger partial charge in [0.05, 0.1) is 6.26 Å². The molecule has 7 nitrogen and oxygen atoms in total. The molecule has 2 heterocycles. The maximum atomic E-state index is 12.1. The number of methoxy groups -OCH3 is 1. The second-order valence-corrected chi connectivity index (χ2v) is 13.5.